The number of nitrogens with one attached hydrogen (secondary N) is 1. The summed E-state index contributed by atoms with van der Waals surface area (Å²) in [5.41, 5.74) is 1.90. The zero-order valence-electron chi connectivity index (χ0n) is 13.1. The molecule has 116 valence electrons. The Morgan fingerprint density at radius 2 is 2.05 bits per heavy atom. The maximum atomic E-state index is 12.1. The highest BCUT2D eigenvalue weighted by molar-refractivity contribution is 5.81. The molecule has 1 aromatic carbocycles. The Morgan fingerprint density at radius 3 is 2.64 bits per heavy atom. The molecule has 1 aliphatic carbocycles. The summed E-state index contributed by atoms with van der Waals surface area (Å²) in [6.07, 6.45) is 3.20. The van der Waals surface area contributed by atoms with Gasteiger partial charge in [-0.2, -0.15) is 5.26 Å². The number of amides is 1. The molecule has 0 bridgehead atoms. The summed E-state index contributed by atoms with van der Waals surface area (Å²) >= 11 is 0. The molecular formula is C18H23N3O. The number of likely N-dealkylation sites (tertiary alicyclic amines) is 1. The van der Waals surface area contributed by atoms with Gasteiger partial charge in [0, 0.05) is 31.6 Å². The van der Waals surface area contributed by atoms with Gasteiger partial charge in [-0.05, 0) is 42.9 Å². The third-order valence-electron chi connectivity index (χ3n) is 4.79. The molecule has 1 aliphatic heterocycles. The minimum Gasteiger partial charge on any atom is -0.342 e. The largest absolute Gasteiger partial charge is 0.342 e. The average Bonchev–Trinajstić information content (AvgIpc) is 3.38. The first-order valence-electron chi connectivity index (χ1n) is 8.18. The van der Waals surface area contributed by atoms with Gasteiger partial charge in [-0.3, -0.25) is 4.79 Å². The minimum atomic E-state index is 0.329. The van der Waals surface area contributed by atoms with E-state index in [0.29, 0.717) is 29.3 Å². The number of carbonyl (C=O) groups excluding carboxylic acids is 1. The minimum absolute atomic E-state index is 0.329. The smallest absolute Gasteiger partial charge is 0.225 e. The Bertz CT molecular complexity index is 571. The summed E-state index contributed by atoms with van der Waals surface area (Å²) in [6, 6.07) is 10.3. The van der Waals surface area contributed by atoms with Crippen molar-refractivity contribution in [2.75, 3.05) is 13.1 Å². The monoisotopic (exact) mass is 297 g/mol. The van der Waals surface area contributed by atoms with Crippen molar-refractivity contribution >= 4 is 5.91 Å². The van der Waals surface area contributed by atoms with E-state index < -0.39 is 0 Å². The molecular weight excluding hydrogens is 274 g/mol. The zero-order valence-corrected chi connectivity index (χ0v) is 13.1. The fourth-order valence-corrected chi connectivity index (χ4v) is 3.18. The highest BCUT2D eigenvalue weighted by Crippen LogP contribution is 2.32. The predicted octanol–water partition coefficient (Wildman–Crippen LogP) is 2.29. The molecule has 4 nitrogen and oxygen atoms in total. The first kappa shape index (κ1) is 15.1. The molecule has 2 aliphatic rings. The van der Waals surface area contributed by atoms with Gasteiger partial charge in [-0.1, -0.05) is 19.1 Å². The molecule has 0 aromatic heterocycles. The molecule has 1 saturated heterocycles. The maximum Gasteiger partial charge on any atom is 0.225 e. The normalized spacial score (nSPS) is 24.8. The van der Waals surface area contributed by atoms with Gasteiger partial charge in [0.1, 0.15) is 0 Å². The van der Waals surface area contributed by atoms with Crippen LogP contribution in [0.1, 0.15) is 37.3 Å². The number of hydrogen-bond donors (Lipinski definition) is 1. The molecule has 2 atom stereocenters. The van der Waals surface area contributed by atoms with Crippen molar-refractivity contribution in [1.29, 1.82) is 5.26 Å². The maximum absolute atomic E-state index is 12.1. The van der Waals surface area contributed by atoms with Crippen LogP contribution < -0.4 is 5.32 Å². The van der Waals surface area contributed by atoms with Crippen LogP contribution in [0, 0.1) is 23.2 Å². The molecule has 1 N–H and O–H groups in total. The van der Waals surface area contributed by atoms with E-state index in [-0.39, 0.29) is 0 Å². The molecule has 22 heavy (non-hydrogen) atoms. The molecule has 2 fully saturated rings. The van der Waals surface area contributed by atoms with Crippen molar-refractivity contribution in [3.63, 3.8) is 0 Å². The number of benzene rings is 1. The highest BCUT2D eigenvalue weighted by atomic mass is 16.2. The Morgan fingerprint density at radius 1 is 1.32 bits per heavy atom. The fraction of sp³-hybridized carbons (Fsp3) is 0.556. The molecule has 1 heterocycles. The van der Waals surface area contributed by atoms with Crippen LogP contribution in [0.15, 0.2) is 24.3 Å². The molecule has 0 unspecified atom stereocenters. The van der Waals surface area contributed by atoms with Gasteiger partial charge in [0.2, 0.25) is 5.91 Å². The standard InChI is InChI=1S/C18H23N3O/c1-13-12-21(18(22)16-6-7-16)9-8-17(13)20-11-15-4-2-14(10-19)3-5-15/h2-5,13,16-17,20H,6-9,11-12H2,1H3/t13-,17+/m1/s1. The molecule has 1 aromatic rings. The molecule has 0 spiro atoms. The van der Waals surface area contributed by atoms with E-state index in [0.717, 1.165) is 38.9 Å². The van der Waals surface area contributed by atoms with E-state index >= 15 is 0 Å². The van der Waals surface area contributed by atoms with Crippen LogP contribution in [0.2, 0.25) is 0 Å². The average molecular weight is 297 g/mol. The van der Waals surface area contributed by atoms with Crippen LogP contribution >= 0.6 is 0 Å². The van der Waals surface area contributed by atoms with E-state index in [9.17, 15) is 4.79 Å². The second-order valence-electron chi connectivity index (χ2n) is 6.62. The summed E-state index contributed by atoms with van der Waals surface area (Å²) in [7, 11) is 0. The van der Waals surface area contributed by atoms with Crippen LogP contribution in [-0.2, 0) is 11.3 Å². The lowest BCUT2D eigenvalue weighted by atomic mass is 9.93. The third kappa shape index (κ3) is 3.48. The van der Waals surface area contributed by atoms with Crippen molar-refractivity contribution in [2.24, 2.45) is 11.8 Å². The van der Waals surface area contributed by atoms with E-state index in [1.165, 1.54) is 5.56 Å². The van der Waals surface area contributed by atoms with Crippen molar-refractivity contribution in [3.05, 3.63) is 35.4 Å². The first-order chi connectivity index (χ1) is 10.7. The van der Waals surface area contributed by atoms with Crippen LogP contribution in [0.5, 0.6) is 0 Å². The molecule has 1 saturated carbocycles. The van der Waals surface area contributed by atoms with Gasteiger partial charge in [-0.15, -0.1) is 0 Å². The van der Waals surface area contributed by atoms with Crippen molar-refractivity contribution in [3.8, 4) is 6.07 Å². The molecule has 4 heteroatoms. The Balaban J connectivity index is 1.49. The first-order valence-corrected chi connectivity index (χ1v) is 8.18. The summed E-state index contributed by atoms with van der Waals surface area (Å²) in [4.78, 5) is 14.2. The van der Waals surface area contributed by atoms with Crippen molar-refractivity contribution in [1.82, 2.24) is 10.2 Å². The van der Waals surface area contributed by atoms with E-state index in [1.54, 1.807) is 0 Å². The zero-order chi connectivity index (χ0) is 15.5. The number of nitriles is 1. The number of nitrogens with zero attached hydrogens (tertiary/aromatic N) is 2. The molecule has 1 amide bonds. The van der Waals surface area contributed by atoms with Gasteiger partial charge in [0.05, 0.1) is 11.6 Å². The lowest BCUT2D eigenvalue weighted by Gasteiger charge is -2.37. The summed E-state index contributed by atoms with van der Waals surface area (Å²) < 4.78 is 0. The molecule has 0 radical (unpaired) electrons. The predicted molar refractivity (Wildman–Crippen MR) is 84.9 cm³/mol. The van der Waals surface area contributed by atoms with Crippen LogP contribution in [0.4, 0.5) is 0 Å². The second-order valence-corrected chi connectivity index (χ2v) is 6.62. The SMILES string of the molecule is C[C@@H]1CN(C(=O)C2CC2)CC[C@@H]1NCc1ccc(C#N)cc1. The van der Waals surface area contributed by atoms with E-state index in [4.69, 9.17) is 5.26 Å². The summed E-state index contributed by atoms with van der Waals surface area (Å²) in [5, 5.41) is 12.4. The Kier molecular flexibility index (Phi) is 4.44. The van der Waals surface area contributed by atoms with Crippen LogP contribution in [0.3, 0.4) is 0 Å². The Labute approximate surface area is 132 Å². The number of hydrogen-bond acceptors (Lipinski definition) is 3. The second kappa shape index (κ2) is 6.50. The fourth-order valence-electron chi connectivity index (χ4n) is 3.18. The Hall–Kier alpha value is -1.86. The van der Waals surface area contributed by atoms with Gasteiger partial charge in [0.15, 0.2) is 0 Å². The number of rotatable bonds is 4. The van der Waals surface area contributed by atoms with Crippen LogP contribution in [0.25, 0.3) is 0 Å². The molecule has 3 rings (SSSR count). The van der Waals surface area contributed by atoms with E-state index in [1.807, 2.05) is 24.3 Å². The summed E-state index contributed by atoms with van der Waals surface area (Å²) in [5.74, 6) is 1.18. The lowest BCUT2D eigenvalue weighted by molar-refractivity contribution is -0.134. The quantitative estimate of drug-likeness (QED) is 0.927. The van der Waals surface area contributed by atoms with Crippen molar-refractivity contribution < 1.29 is 4.79 Å². The van der Waals surface area contributed by atoms with Gasteiger partial charge in [0.25, 0.3) is 0 Å². The van der Waals surface area contributed by atoms with E-state index in [2.05, 4.69) is 23.2 Å². The van der Waals surface area contributed by atoms with Gasteiger partial charge in [-0.25, -0.2) is 0 Å². The summed E-state index contributed by atoms with van der Waals surface area (Å²) in [6.45, 7) is 4.80. The highest BCUT2D eigenvalue weighted by Gasteiger charge is 2.36. The van der Waals surface area contributed by atoms with Gasteiger partial charge >= 0.3 is 0 Å². The topological polar surface area (TPSA) is 56.1 Å². The van der Waals surface area contributed by atoms with Crippen LogP contribution in [-0.4, -0.2) is 29.9 Å². The lowest BCUT2D eigenvalue weighted by Crippen LogP contribution is -2.50. The third-order valence-corrected chi connectivity index (χ3v) is 4.79. The van der Waals surface area contributed by atoms with Crippen molar-refractivity contribution in [2.45, 2.75) is 38.8 Å². The number of piperidine rings is 1. The number of carbonyl (C=O) groups is 1. The van der Waals surface area contributed by atoms with Gasteiger partial charge < -0.3 is 10.2 Å².